The predicted octanol–water partition coefficient (Wildman–Crippen LogP) is 1.65. The summed E-state index contributed by atoms with van der Waals surface area (Å²) in [7, 11) is 1.66. The molecule has 1 N–H and O–H groups in total. The maximum atomic E-state index is 12.4. The van der Waals surface area contributed by atoms with Crippen molar-refractivity contribution in [3.63, 3.8) is 0 Å². The van der Waals surface area contributed by atoms with Crippen molar-refractivity contribution in [3.8, 4) is 0 Å². The number of ether oxygens (including phenoxy) is 1. The molecule has 3 rings (SSSR count). The topological polar surface area (TPSA) is 62.6 Å². The lowest BCUT2D eigenvalue weighted by atomic mass is 9.93. The van der Waals surface area contributed by atoms with Crippen LogP contribution < -0.4 is 5.32 Å². The first-order chi connectivity index (χ1) is 13.6. The second-order valence-electron chi connectivity index (χ2n) is 8.20. The number of hydrogen-bond donors (Lipinski definition) is 1. The molecule has 0 spiro atoms. The zero-order chi connectivity index (χ0) is 19.9. The standard InChI is InChI=1S/C21H37N5O2/c1-4-26-17(2)19(14-23-26)15-24-11-7-20(8-12-24)25-10-5-6-18(16-25)21(27)22-9-13-28-3/h14,18,20H,4-13,15-16H2,1-3H3,(H,22,27). The highest BCUT2D eigenvalue weighted by Crippen LogP contribution is 2.25. The zero-order valence-electron chi connectivity index (χ0n) is 17.8. The smallest absolute Gasteiger partial charge is 0.224 e. The van der Waals surface area contributed by atoms with Crippen LogP contribution in [0.4, 0.5) is 0 Å². The van der Waals surface area contributed by atoms with Gasteiger partial charge in [-0.25, -0.2) is 0 Å². The van der Waals surface area contributed by atoms with Crippen LogP contribution in [0.5, 0.6) is 0 Å². The van der Waals surface area contributed by atoms with Gasteiger partial charge >= 0.3 is 0 Å². The lowest BCUT2D eigenvalue weighted by Crippen LogP contribution is -2.50. The molecule has 158 valence electrons. The molecule has 2 aliphatic heterocycles. The molecule has 0 radical (unpaired) electrons. The van der Waals surface area contributed by atoms with Gasteiger partial charge in [-0.15, -0.1) is 0 Å². The van der Waals surface area contributed by atoms with Crippen LogP contribution in [-0.2, 0) is 22.6 Å². The average Bonchev–Trinajstić information content (AvgIpc) is 3.08. The second kappa shape index (κ2) is 10.4. The summed E-state index contributed by atoms with van der Waals surface area (Å²) < 4.78 is 7.11. The van der Waals surface area contributed by atoms with E-state index in [1.807, 2.05) is 6.20 Å². The average molecular weight is 392 g/mol. The number of nitrogens with zero attached hydrogens (tertiary/aromatic N) is 4. The molecule has 3 heterocycles. The van der Waals surface area contributed by atoms with Crippen molar-refractivity contribution in [1.29, 1.82) is 0 Å². The number of nitrogens with one attached hydrogen (secondary N) is 1. The lowest BCUT2D eigenvalue weighted by molar-refractivity contribution is -0.127. The summed E-state index contributed by atoms with van der Waals surface area (Å²) in [4.78, 5) is 17.5. The highest BCUT2D eigenvalue weighted by Gasteiger charge is 2.31. The summed E-state index contributed by atoms with van der Waals surface area (Å²) in [5.41, 5.74) is 2.65. The summed E-state index contributed by atoms with van der Waals surface area (Å²) in [5, 5.41) is 7.49. The van der Waals surface area contributed by atoms with E-state index in [-0.39, 0.29) is 11.8 Å². The first-order valence-electron chi connectivity index (χ1n) is 10.9. The van der Waals surface area contributed by atoms with E-state index in [9.17, 15) is 4.79 Å². The normalized spacial score (nSPS) is 22.5. The number of likely N-dealkylation sites (tertiary alicyclic amines) is 2. The van der Waals surface area contributed by atoms with Gasteiger partial charge in [0.1, 0.15) is 0 Å². The summed E-state index contributed by atoms with van der Waals surface area (Å²) in [5.74, 6) is 0.328. The maximum Gasteiger partial charge on any atom is 0.224 e. The molecule has 1 atom stereocenters. The fourth-order valence-electron chi connectivity index (χ4n) is 4.62. The fourth-order valence-corrected chi connectivity index (χ4v) is 4.62. The summed E-state index contributed by atoms with van der Waals surface area (Å²) in [6, 6.07) is 0.616. The zero-order valence-corrected chi connectivity index (χ0v) is 17.8. The van der Waals surface area contributed by atoms with Crippen molar-refractivity contribution in [2.45, 2.75) is 58.7 Å². The molecular weight excluding hydrogens is 354 g/mol. The molecule has 7 nitrogen and oxygen atoms in total. The largest absolute Gasteiger partial charge is 0.383 e. The Kier molecular flexibility index (Phi) is 7.88. The van der Waals surface area contributed by atoms with E-state index < -0.39 is 0 Å². The second-order valence-corrected chi connectivity index (χ2v) is 8.20. The molecule has 2 aliphatic rings. The number of hydrogen-bond acceptors (Lipinski definition) is 5. The monoisotopic (exact) mass is 391 g/mol. The number of rotatable bonds is 8. The van der Waals surface area contributed by atoms with Gasteiger partial charge in [0.2, 0.25) is 5.91 Å². The SMILES string of the molecule is CCn1ncc(CN2CCC(N3CCCC(C(=O)NCCOC)C3)CC2)c1C. The molecule has 7 heteroatoms. The van der Waals surface area contributed by atoms with Crippen LogP contribution in [0.3, 0.4) is 0 Å². The van der Waals surface area contributed by atoms with E-state index in [2.05, 4.69) is 38.7 Å². The van der Waals surface area contributed by atoms with Crippen LogP contribution in [0.2, 0.25) is 0 Å². The minimum Gasteiger partial charge on any atom is -0.383 e. The first-order valence-corrected chi connectivity index (χ1v) is 10.9. The van der Waals surface area contributed by atoms with E-state index in [4.69, 9.17) is 4.74 Å². The number of carbonyl (C=O) groups is 1. The molecule has 0 aromatic carbocycles. The van der Waals surface area contributed by atoms with Gasteiger partial charge in [0, 0.05) is 50.6 Å². The maximum absolute atomic E-state index is 12.4. The van der Waals surface area contributed by atoms with Crippen molar-refractivity contribution in [3.05, 3.63) is 17.5 Å². The molecule has 2 fully saturated rings. The van der Waals surface area contributed by atoms with Crippen molar-refractivity contribution in [2.24, 2.45) is 5.92 Å². The number of carbonyl (C=O) groups excluding carboxylic acids is 1. The van der Waals surface area contributed by atoms with Crippen LogP contribution in [0.1, 0.15) is 43.9 Å². The third-order valence-electron chi connectivity index (χ3n) is 6.40. The molecule has 0 aliphatic carbocycles. The Morgan fingerprint density at radius 1 is 1.29 bits per heavy atom. The Bertz CT molecular complexity index is 624. The number of aromatic nitrogens is 2. The van der Waals surface area contributed by atoms with Crippen LogP contribution in [0.25, 0.3) is 0 Å². The molecule has 0 saturated carbocycles. The highest BCUT2D eigenvalue weighted by molar-refractivity contribution is 5.78. The Balaban J connectivity index is 1.45. The van der Waals surface area contributed by atoms with Crippen LogP contribution >= 0.6 is 0 Å². The summed E-state index contributed by atoms with van der Waals surface area (Å²) in [6.07, 6.45) is 6.55. The van der Waals surface area contributed by atoms with E-state index >= 15 is 0 Å². The molecular formula is C21H37N5O2. The van der Waals surface area contributed by atoms with Crippen molar-refractivity contribution in [1.82, 2.24) is 24.9 Å². The predicted molar refractivity (Wildman–Crippen MR) is 110 cm³/mol. The molecule has 2 saturated heterocycles. The number of amides is 1. The van der Waals surface area contributed by atoms with E-state index in [0.29, 0.717) is 19.2 Å². The quantitative estimate of drug-likeness (QED) is 0.683. The van der Waals surface area contributed by atoms with Crippen LogP contribution in [0, 0.1) is 12.8 Å². The van der Waals surface area contributed by atoms with Gasteiger partial charge in [0.25, 0.3) is 0 Å². The third-order valence-corrected chi connectivity index (χ3v) is 6.40. The summed E-state index contributed by atoms with van der Waals surface area (Å²) >= 11 is 0. The highest BCUT2D eigenvalue weighted by atomic mass is 16.5. The molecule has 1 amide bonds. The Morgan fingerprint density at radius 3 is 2.75 bits per heavy atom. The minimum atomic E-state index is 0.131. The van der Waals surface area contributed by atoms with Gasteiger partial charge in [0.05, 0.1) is 18.7 Å². The van der Waals surface area contributed by atoms with E-state index in [1.165, 1.54) is 24.1 Å². The molecule has 1 unspecified atom stereocenters. The van der Waals surface area contributed by atoms with Gasteiger partial charge in [-0.1, -0.05) is 0 Å². The lowest BCUT2D eigenvalue weighted by Gasteiger charge is -2.42. The first kappa shape index (κ1) is 21.3. The van der Waals surface area contributed by atoms with E-state index in [1.54, 1.807) is 7.11 Å². The van der Waals surface area contributed by atoms with Crippen molar-refractivity contribution >= 4 is 5.91 Å². The number of aryl methyl sites for hydroxylation is 1. The number of piperidine rings is 2. The van der Waals surface area contributed by atoms with Crippen molar-refractivity contribution in [2.75, 3.05) is 46.4 Å². The molecule has 0 bridgehead atoms. The summed E-state index contributed by atoms with van der Waals surface area (Å²) in [6.45, 7) is 11.7. The Labute approximate surface area is 169 Å². The van der Waals surface area contributed by atoms with Crippen LogP contribution in [-0.4, -0.2) is 78.0 Å². The Morgan fingerprint density at radius 2 is 2.07 bits per heavy atom. The molecule has 1 aromatic heterocycles. The van der Waals surface area contributed by atoms with Gasteiger partial charge in [-0.05, 0) is 59.2 Å². The fraction of sp³-hybridized carbons (Fsp3) is 0.810. The molecule has 28 heavy (non-hydrogen) atoms. The van der Waals surface area contributed by atoms with Gasteiger partial charge in [0.15, 0.2) is 0 Å². The van der Waals surface area contributed by atoms with Crippen LogP contribution in [0.15, 0.2) is 6.20 Å². The number of methoxy groups -OCH3 is 1. The third kappa shape index (κ3) is 5.33. The van der Waals surface area contributed by atoms with Gasteiger partial charge in [-0.2, -0.15) is 5.10 Å². The minimum absolute atomic E-state index is 0.131. The van der Waals surface area contributed by atoms with Gasteiger partial charge in [-0.3, -0.25) is 19.3 Å². The Hall–Kier alpha value is -1.44. The molecule has 1 aromatic rings. The van der Waals surface area contributed by atoms with Crippen molar-refractivity contribution < 1.29 is 9.53 Å². The van der Waals surface area contributed by atoms with E-state index in [0.717, 1.165) is 52.1 Å². The van der Waals surface area contributed by atoms with Gasteiger partial charge < -0.3 is 10.1 Å².